The summed E-state index contributed by atoms with van der Waals surface area (Å²) in [5.74, 6) is -1.36. The van der Waals surface area contributed by atoms with Crippen molar-refractivity contribution in [1.82, 2.24) is 0 Å². The molecule has 1 heterocycles. The summed E-state index contributed by atoms with van der Waals surface area (Å²) in [5, 5.41) is 2.44. The summed E-state index contributed by atoms with van der Waals surface area (Å²) in [6, 6.07) is 9.77. The summed E-state index contributed by atoms with van der Waals surface area (Å²) in [5.41, 5.74) is -2.49. The van der Waals surface area contributed by atoms with Gasteiger partial charge in [-0.2, -0.15) is 13.2 Å². The van der Waals surface area contributed by atoms with Crippen molar-refractivity contribution in [1.29, 1.82) is 0 Å². The molecule has 0 aromatic heterocycles. The van der Waals surface area contributed by atoms with E-state index in [1.54, 1.807) is 0 Å². The van der Waals surface area contributed by atoms with E-state index in [1.807, 2.05) is 0 Å². The number of carbonyl (C=O) groups excluding carboxylic acids is 2. The van der Waals surface area contributed by atoms with Gasteiger partial charge in [0, 0.05) is 22.9 Å². The molecule has 0 spiro atoms. The van der Waals surface area contributed by atoms with E-state index in [4.69, 9.17) is 9.47 Å². The molecular formula is C18H10F3NO4. The van der Waals surface area contributed by atoms with E-state index in [1.165, 1.54) is 42.5 Å². The monoisotopic (exact) mass is 361 g/mol. The van der Waals surface area contributed by atoms with E-state index >= 15 is 0 Å². The van der Waals surface area contributed by atoms with Crippen LogP contribution in [0.5, 0.6) is 11.5 Å². The number of Topliss-reactive ketones (excluding diaryl/α,β-unsaturated/α-hetero) is 2. The van der Waals surface area contributed by atoms with Gasteiger partial charge in [0.25, 0.3) is 0 Å². The average molecular weight is 361 g/mol. The van der Waals surface area contributed by atoms with Gasteiger partial charge in [-0.3, -0.25) is 9.59 Å². The number of ketones is 2. The first-order valence-electron chi connectivity index (χ1n) is 7.53. The number of hydrogen-bond acceptors (Lipinski definition) is 5. The van der Waals surface area contributed by atoms with Gasteiger partial charge in [0.2, 0.25) is 18.4 Å². The zero-order chi connectivity index (χ0) is 18.5. The lowest BCUT2D eigenvalue weighted by Gasteiger charge is -2.23. The zero-order valence-electron chi connectivity index (χ0n) is 13.0. The van der Waals surface area contributed by atoms with Gasteiger partial charge in [-0.15, -0.1) is 0 Å². The fraction of sp³-hybridized carbons (Fsp3) is 0.111. The summed E-state index contributed by atoms with van der Waals surface area (Å²) in [4.78, 5) is 25.0. The molecule has 0 fully saturated rings. The van der Waals surface area contributed by atoms with Crippen LogP contribution in [-0.2, 0) is 0 Å². The number of allylic oxidation sites excluding steroid dienone is 2. The van der Waals surface area contributed by atoms with Crippen LogP contribution in [0.1, 0.15) is 20.7 Å². The summed E-state index contributed by atoms with van der Waals surface area (Å²) in [6.45, 7) is 0.0000754. The third-order valence-electron chi connectivity index (χ3n) is 4.05. The number of benzene rings is 2. The molecular weight excluding hydrogens is 351 g/mol. The molecule has 0 bridgehead atoms. The summed E-state index contributed by atoms with van der Waals surface area (Å²) >= 11 is 0. The molecule has 0 atom stereocenters. The van der Waals surface area contributed by atoms with Crippen LogP contribution >= 0.6 is 0 Å². The van der Waals surface area contributed by atoms with Crippen molar-refractivity contribution in [2.45, 2.75) is 6.18 Å². The molecule has 0 saturated heterocycles. The van der Waals surface area contributed by atoms with Crippen LogP contribution in [0.25, 0.3) is 0 Å². The molecule has 0 amide bonds. The Hall–Kier alpha value is -3.29. The molecule has 4 rings (SSSR count). The molecule has 0 radical (unpaired) electrons. The summed E-state index contributed by atoms with van der Waals surface area (Å²) < 4.78 is 50.9. The van der Waals surface area contributed by atoms with E-state index in [2.05, 4.69) is 5.32 Å². The second kappa shape index (κ2) is 5.62. The predicted molar refractivity (Wildman–Crippen MR) is 84.4 cm³/mol. The van der Waals surface area contributed by atoms with Crippen molar-refractivity contribution in [3.05, 3.63) is 64.9 Å². The van der Waals surface area contributed by atoms with E-state index in [9.17, 15) is 22.8 Å². The second-order valence-corrected chi connectivity index (χ2v) is 5.64. The summed E-state index contributed by atoms with van der Waals surface area (Å²) in [7, 11) is 0. The van der Waals surface area contributed by atoms with E-state index in [0.717, 1.165) is 0 Å². The van der Waals surface area contributed by atoms with Crippen LogP contribution in [0.3, 0.4) is 0 Å². The molecule has 2 aromatic rings. The molecule has 0 unspecified atom stereocenters. The van der Waals surface area contributed by atoms with E-state index < -0.39 is 29.0 Å². The standard InChI is InChI=1S/C18H10F3NO4/c19-18(20,21)14-15(17(24)11-4-2-1-3-10(11)16(14)23)22-9-5-6-12-13(7-9)26-8-25-12/h1-7,22H,8H2. The van der Waals surface area contributed by atoms with Crippen LogP contribution in [0.2, 0.25) is 0 Å². The first-order chi connectivity index (χ1) is 12.4. The van der Waals surface area contributed by atoms with Crippen molar-refractivity contribution < 1.29 is 32.2 Å². The number of fused-ring (bicyclic) bond motifs is 2. The fourth-order valence-corrected chi connectivity index (χ4v) is 2.88. The minimum atomic E-state index is -4.99. The normalized spacial score (nSPS) is 16.0. The highest BCUT2D eigenvalue weighted by molar-refractivity contribution is 6.28. The van der Waals surface area contributed by atoms with Gasteiger partial charge in [0.05, 0.1) is 0 Å². The Balaban J connectivity index is 1.83. The highest BCUT2D eigenvalue weighted by atomic mass is 19.4. The Morgan fingerprint density at radius 2 is 1.54 bits per heavy atom. The van der Waals surface area contributed by atoms with Gasteiger partial charge >= 0.3 is 6.18 Å². The molecule has 132 valence electrons. The molecule has 1 aliphatic heterocycles. The molecule has 8 heteroatoms. The van der Waals surface area contributed by atoms with Crippen LogP contribution in [0.4, 0.5) is 18.9 Å². The Bertz CT molecular complexity index is 979. The second-order valence-electron chi connectivity index (χ2n) is 5.64. The van der Waals surface area contributed by atoms with Crippen molar-refractivity contribution in [3.63, 3.8) is 0 Å². The lowest BCUT2D eigenvalue weighted by atomic mass is 9.86. The maximum atomic E-state index is 13.5. The highest BCUT2D eigenvalue weighted by Crippen LogP contribution is 2.39. The van der Waals surface area contributed by atoms with Crippen LogP contribution in [0.15, 0.2) is 53.7 Å². The van der Waals surface area contributed by atoms with Crippen molar-refractivity contribution in [2.75, 3.05) is 12.1 Å². The van der Waals surface area contributed by atoms with Gasteiger partial charge in [-0.1, -0.05) is 24.3 Å². The van der Waals surface area contributed by atoms with Crippen molar-refractivity contribution >= 4 is 17.3 Å². The molecule has 5 nitrogen and oxygen atoms in total. The minimum absolute atomic E-state index is 0.0000754. The Kier molecular flexibility index (Phi) is 3.50. The van der Waals surface area contributed by atoms with Gasteiger partial charge < -0.3 is 14.8 Å². The first kappa shape index (κ1) is 16.2. The van der Waals surface area contributed by atoms with Gasteiger partial charge in [0.1, 0.15) is 11.3 Å². The Morgan fingerprint density at radius 3 is 2.23 bits per heavy atom. The largest absolute Gasteiger partial charge is 0.454 e. The molecule has 2 aliphatic rings. The number of anilines is 1. The van der Waals surface area contributed by atoms with E-state index in [-0.39, 0.29) is 23.6 Å². The number of nitrogens with one attached hydrogen (secondary N) is 1. The molecule has 0 saturated carbocycles. The maximum absolute atomic E-state index is 13.5. The molecule has 2 aromatic carbocycles. The van der Waals surface area contributed by atoms with Crippen LogP contribution in [0, 0.1) is 0 Å². The first-order valence-corrected chi connectivity index (χ1v) is 7.53. The fourth-order valence-electron chi connectivity index (χ4n) is 2.88. The Morgan fingerprint density at radius 1 is 0.885 bits per heavy atom. The number of hydrogen-bond donors (Lipinski definition) is 1. The van der Waals surface area contributed by atoms with Crippen molar-refractivity contribution in [3.8, 4) is 11.5 Å². The smallest absolute Gasteiger partial charge is 0.422 e. The van der Waals surface area contributed by atoms with Gasteiger partial charge in [0.15, 0.2) is 11.5 Å². The lowest BCUT2D eigenvalue weighted by molar-refractivity contribution is -0.0895. The zero-order valence-corrected chi connectivity index (χ0v) is 13.0. The van der Waals surface area contributed by atoms with E-state index in [0.29, 0.717) is 11.5 Å². The number of rotatable bonds is 2. The number of carbonyl (C=O) groups is 2. The highest BCUT2D eigenvalue weighted by Gasteiger charge is 2.47. The minimum Gasteiger partial charge on any atom is -0.454 e. The topological polar surface area (TPSA) is 64.6 Å². The van der Waals surface area contributed by atoms with Crippen LogP contribution < -0.4 is 14.8 Å². The van der Waals surface area contributed by atoms with Crippen LogP contribution in [-0.4, -0.2) is 24.5 Å². The average Bonchev–Trinajstić information content (AvgIpc) is 3.06. The SMILES string of the molecule is O=C1C(Nc2ccc3c(c2)OCO3)=C(C(F)(F)F)C(=O)c2ccccc21. The maximum Gasteiger partial charge on any atom is 0.422 e. The van der Waals surface area contributed by atoms with Gasteiger partial charge in [-0.05, 0) is 12.1 Å². The van der Waals surface area contributed by atoms with Crippen molar-refractivity contribution in [2.24, 2.45) is 0 Å². The third-order valence-corrected chi connectivity index (χ3v) is 4.05. The predicted octanol–water partition coefficient (Wildman–Crippen LogP) is 3.72. The number of halogens is 3. The number of ether oxygens (including phenoxy) is 2. The quantitative estimate of drug-likeness (QED) is 0.883. The molecule has 1 aliphatic carbocycles. The Labute approximate surface area is 145 Å². The third kappa shape index (κ3) is 2.50. The van der Waals surface area contributed by atoms with Gasteiger partial charge in [-0.25, -0.2) is 0 Å². The lowest BCUT2D eigenvalue weighted by Crippen LogP contribution is -2.33. The molecule has 1 N–H and O–H groups in total. The molecule has 26 heavy (non-hydrogen) atoms. The number of alkyl halides is 3. The summed E-state index contributed by atoms with van der Waals surface area (Å²) in [6.07, 6.45) is -4.99.